The quantitative estimate of drug-likeness (QED) is 0.842. The molecule has 2 aliphatic rings. The molecule has 25 heavy (non-hydrogen) atoms. The van der Waals surface area contributed by atoms with Crippen molar-refractivity contribution in [2.24, 2.45) is 11.8 Å². The van der Waals surface area contributed by atoms with Gasteiger partial charge in [-0.05, 0) is 49.9 Å². The number of hydrogen-bond donors (Lipinski definition) is 1. The summed E-state index contributed by atoms with van der Waals surface area (Å²) >= 11 is 0. The lowest BCUT2D eigenvalue weighted by molar-refractivity contribution is -0.131. The predicted octanol–water partition coefficient (Wildman–Crippen LogP) is 1.19. The van der Waals surface area contributed by atoms with Gasteiger partial charge in [-0.1, -0.05) is 18.2 Å². The molecule has 3 rings (SSSR count). The van der Waals surface area contributed by atoms with Crippen LogP contribution in [-0.4, -0.2) is 63.3 Å². The third-order valence-electron chi connectivity index (χ3n) is 5.18. The Hall–Kier alpha value is -1.15. The molecule has 2 aliphatic heterocycles. The highest BCUT2D eigenvalue weighted by molar-refractivity contribution is 7.89. The zero-order valence-corrected chi connectivity index (χ0v) is 16.1. The second-order valence-corrected chi connectivity index (χ2v) is 8.76. The van der Waals surface area contributed by atoms with Gasteiger partial charge in [-0.25, -0.2) is 8.42 Å². The van der Waals surface area contributed by atoms with Crippen LogP contribution in [0.1, 0.15) is 12.8 Å². The Morgan fingerprint density at radius 3 is 2.28 bits per heavy atom. The number of amides is 1. The molecule has 8 heteroatoms. The highest BCUT2D eigenvalue weighted by atomic mass is 35.5. The Labute approximate surface area is 156 Å². The van der Waals surface area contributed by atoms with Crippen molar-refractivity contribution < 1.29 is 13.2 Å². The maximum atomic E-state index is 12.6. The van der Waals surface area contributed by atoms with Crippen LogP contribution in [0.15, 0.2) is 35.2 Å². The summed E-state index contributed by atoms with van der Waals surface area (Å²) in [7, 11) is -2.15. The van der Waals surface area contributed by atoms with Gasteiger partial charge in [0.25, 0.3) is 0 Å². The summed E-state index contributed by atoms with van der Waals surface area (Å²) in [6, 6.07) is 8.24. The van der Waals surface area contributed by atoms with Crippen LogP contribution in [0.5, 0.6) is 0 Å². The second kappa shape index (κ2) is 8.49. The van der Waals surface area contributed by atoms with Gasteiger partial charge in [-0.2, -0.15) is 4.31 Å². The molecule has 1 N–H and O–H groups in total. The molecule has 0 saturated carbocycles. The van der Waals surface area contributed by atoms with Crippen molar-refractivity contribution >= 4 is 28.3 Å². The molecule has 0 aromatic heterocycles. The minimum Gasteiger partial charge on any atom is -0.342 e. The average molecular weight is 388 g/mol. The minimum absolute atomic E-state index is 0. The smallest absolute Gasteiger partial charge is 0.243 e. The molecule has 2 atom stereocenters. The summed E-state index contributed by atoms with van der Waals surface area (Å²) < 4.78 is 26.2. The minimum atomic E-state index is -3.62. The number of likely N-dealkylation sites (N-methyl/N-ethyl adjacent to an activating group) is 1. The molecule has 2 heterocycles. The van der Waals surface area contributed by atoms with Crippen LogP contribution in [0.25, 0.3) is 0 Å². The normalized spacial score (nSPS) is 23.7. The van der Waals surface area contributed by atoms with Gasteiger partial charge in [0.15, 0.2) is 0 Å². The van der Waals surface area contributed by atoms with E-state index < -0.39 is 10.0 Å². The maximum Gasteiger partial charge on any atom is 0.243 e. The van der Waals surface area contributed by atoms with Crippen molar-refractivity contribution in [2.75, 3.05) is 39.8 Å². The molecule has 1 aromatic carbocycles. The zero-order valence-electron chi connectivity index (χ0n) is 14.4. The van der Waals surface area contributed by atoms with Crippen LogP contribution in [0.2, 0.25) is 0 Å². The number of sulfonamides is 1. The Morgan fingerprint density at radius 1 is 1.16 bits per heavy atom. The predicted molar refractivity (Wildman–Crippen MR) is 99.2 cm³/mol. The molecule has 2 saturated heterocycles. The van der Waals surface area contributed by atoms with Crippen molar-refractivity contribution in [1.29, 1.82) is 0 Å². The SMILES string of the molecule is CN(CC(=O)N1CC[C@@H]2CNC[C@@H]2CC1)S(=O)(=O)c1ccccc1.Cl. The van der Waals surface area contributed by atoms with Gasteiger partial charge in [-0.15, -0.1) is 12.4 Å². The number of rotatable bonds is 4. The van der Waals surface area contributed by atoms with Crippen molar-refractivity contribution in [3.05, 3.63) is 30.3 Å². The molecule has 0 unspecified atom stereocenters. The highest BCUT2D eigenvalue weighted by Gasteiger charge is 2.32. The van der Waals surface area contributed by atoms with Gasteiger partial charge in [0, 0.05) is 20.1 Å². The van der Waals surface area contributed by atoms with Crippen molar-refractivity contribution in [2.45, 2.75) is 17.7 Å². The van der Waals surface area contributed by atoms with E-state index in [-0.39, 0.29) is 29.8 Å². The van der Waals surface area contributed by atoms with Crippen LogP contribution < -0.4 is 5.32 Å². The summed E-state index contributed by atoms with van der Waals surface area (Å²) in [5.74, 6) is 1.19. The summed E-state index contributed by atoms with van der Waals surface area (Å²) in [5.41, 5.74) is 0. The van der Waals surface area contributed by atoms with E-state index in [1.54, 1.807) is 30.3 Å². The summed E-state index contributed by atoms with van der Waals surface area (Å²) in [4.78, 5) is 14.6. The molecule has 0 spiro atoms. The Morgan fingerprint density at radius 2 is 1.72 bits per heavy atom. The number of nitrogens with zero attached hydrogens (tertiary/aromatic N) is 2. The Balaban J connectivity index is 0.00000225. The van der Waals surface area contributed by atoms with E-state index >= 15 is 0 Å². The van der Waals surface area contributed by atoms with E-state index in [0.717, 1.165) is 43.3 Å². The first-order chi connectivity index (χ1) is 11.5. The fourth-order valence-electron chi connectivity index (χ4n) is 3.62. The molecular weight excluding hydrogens is 362 g/mol. The van der Waals surface area contributed by atoms with E-state index in [2.05, 4.69) is 5.32 Å². The second-order valence-electron chi connectivity index (χ2n) is 6.71. The molecule has 0 radical (unpaired) electrons. The molecule has 6 nitrogen and oxygen atoms in total. The topological polar surface area (TPSA) is 69.7 Å². The standard InChI is InChI=1S/C17H25N3O3S.ClH/c1-19(24(22,23)16-5-3-2-4-6-16)13-17(21)20-9-7-14-11-18-12-15(14)8-10-20;/h2-6,14-15,18H,7-13H2,1H3;1H/t14-,15+;. The number of fused-ring (bicyclic) bond motifs is 1. The first-order valence-corrected chi connectivity index (χ1v) is 9.92. The number of nitrogens with one attached hydrogen (secondary N) is 1. The molecule has 2 fully saturated rings. The lowest BCUT2D eigenvalue weighted by Crippen LogP contribution is -2.41. The van der Waals surface area contributed by atoms with Gasteiger partial charge in [-0.3, -0.25) is 4.79 Å². The van der Waals surface area contributed by atoms with Gasteiger partial charge in [0.1, 0.15) is 0 Å². The number of benzene rings is 1. The fraction of sp³-hybridized carbons (Fsp3) is 0.588. The van der Waals surface area contributed by atoms with Gasteiger partial charge >= 0.3 is 0 Å². The van der Waals surface area contributed by atoms with Gasteiger partial charge in [0.05, 0.1) is 11.4 Å². The number of halogens is 1. The molecule has 1 amide bonds. The van der Waals surface area contributed by atoms with E-state index in [4.69, 9.17) is 0 Å². The average Bonchev–Trinajstić information content (AvgIpc) is 2.93. The van der Waals surface area contributed by atoms with Crippen LogP contribution in [0, 0.1) is 11.8 Å². The Bertz CT molecular complexity index is 670. The van der Waals surface area contributed by atoms with Crippen LogP contribution in [0.4, 0.5) is 0 Å². The van der Waals surface area contributed by atoms with Crippen LogP contribution in [-0.2, 0) is 14.8 Å². The van der Waals surface area contributed by atoms with Gasteiger partial charge < -0.3 is 10.2 Å². The third kappa shape index (κ3) is 4.53. The fourth-order valence-corrected chi connectivity index (χ4v) is 4.76. The molecule has 140 valence electrons. The number of carbonyl (C=O) groups is 1. The zero-order chi connectivity index (χ0) is 17.2. The number of carbonyl (C=O) groups excluding carboxylic acids is 1. The molecule has 0 bridgehead atoms. The summed E-state index contributed by atoms with van der Waals surface area (Å²) in [6.45, 7) is 3.41. The lowest BCUT2D eigenvalue weighted by Gasteiger charge is -2.24. The van der Waals surface area contributed by atoms with Crippen molar-refractivity contribution in [1.82, 2.24) is 14.5 Å². The van der Waals surface area contributed by atoms with E-state index in [1.165, 1.54) is 7.05 Å². The Kier molecular flexibility index (Phi) is 6.85. The van der Waals surface area contributed by atoms with Crippen molar-refractivity contribution in [3.63, 3.8) is 0 Å². The highest BCUT2D eigenvalue weighted by Crippen LogP contribution is 2.27. The van der Waals surface area contributed by atoms with Crippen molar-refractivity contribution in [3.8, 4) is 0 Å². The third-order valence-corrected chi connectivity index (χ3v) is 7.00. The molecule has 1 aromatic rings. The van der Waals surface area contributed by atoms with Crippen LogP contribution in [0.3, 0.4) is 0 Å². The monoisotopic (exact) mass is 387 g/mol. The summed E-state index contributed by atoms with van der Waals surface area (Å²) in [6.07, 6.45) is 2.00. The summed E-state index contributed by atoms with van der Waals surface area (Å²) in [5, 5.41) is 3.42. The maximum absolute atomic E-state index is 12.6. The van der Waals surface area contributed by atoms with E-state index in [0.29, 0.717) is 11.8 Å². The largest absolute Gasteiger partial charge is 0.342 e. The first-order valence-electron chi connectivity index (χ1n) is 8.48. The molecular formula is C17H26ClN3O3S. The van der Waals surface area contributed by atoms with Gasteiger partial charge in [0.2, 0.25) is 15.9 Å². The number of likely N-dealkylation sites (tertiary alicyclic amines) is 1. The molecule has 0 aliphatic carbocycles. The van der Waals surface area contributed by atoms with E-state index in [1.807, 2.05) is 4.90 Å². The van der Waals surface area contributed by atoms with Crippen LogP contribution >= 0.6 is 12.4 Å². The first kappa shape index (κ1) is 20.2. The number of hydrogen-bond acceptors (Lipinski definition) is 4. The van der Waals surface area contributed by atoms with E-state index in [9.17, 15) is 13.2 Å². The lowest BCUT2D eigenvalue weighted by atomic mass is 9.92.